The van der Waals surface area contributed by atoms with E-state index in [0.29, 0.717) is 30.2 Å². The highest BCUT2D eigenvalue weighted by Crippen LogP contribution is 2.36. The molecule has 1 N–H and O–H groups in total. The van der Waals surface area contributed by atoms with Gasteiger partial charge in [-0.25, -0.2) is 9.37 Å². The van der Waals surface area contributed by atoms with Crippen molar-refractivity contribution in [2.24, 2.45) is 0 Å². The summed E-state index contributed by atoms with van der Waals surface area (Å²) in [6, 6.07) is 6.70. The number of anilines is 1. The van der Waals surface area contributed by atoms with Crippen molar-refractivity contribution in [3.8, 4) is 0 Å². The van der Waals surface area contributed by atoms with Crippen molar-refractivity contribution < 1.29 is 18.7 Å². The maximum absolute atomic E-state index is 13.8. The average molecular weight is 420 g/mol. The average Bonchev–Trinajstić information content (AvgIpc) is 3.34. The van der Waals surface area contributed by atoms with Crippen LogP contribution in [0.1, 0.15) is 29.7 Å². The number of aromatic nitrogens is 1. The van der Waals surface area contributed by atoms with Crippen LogP contribution in [0.4, 0.5) is 9.52 Å². The molecule has 1 amide bonds. The first-order valence-electron chi connectivity index (χ1n) is 9.95. The number of benzene rings is 1. The number of ether oxygens (including phenoxy) is 2. The van der Waals surface area contributed by atoms with E-state index in [9.17, 15) is 9.18 Å². The molecule has 2 atom stereocenters. The van der Waals surface area contributed by atoms with Crippen LogP contribution in [-0.2, 0) is 20.7 Å². The number of rotatable bonds is 6. The molecule has 2 aliphatic rings. The van der Waals surface area contributed by atoms with E-state index in [1.54, 1.807) is 25.4 Å². The SMILES string of the molecule is COC1CCN(CC(=O)Nc2ncc(Cc3ccccc3F)s2)CC12CCCO2. The summed E-state index contributed by atoms with van der Waals surface area (Å²) in [7, 11) is 1.73. The molecule has 2 fully saturated rings. The second-order valence-electron chi connectivity index (χ2n) is 7.69. The first-order valence-corrected chi connectivity index (χ1v) is 10.8. The number of halogens is 1. The van der Waals surface area contributed by atoms with E-state index >= 15 is 0 Å². The van der Waals surface area contributed by atoms with Gasteiger partial charge in [0.05, 0.1) is 12.6 Å². The van der Waals surface area contributed by atoms with E-state index in [-0.39, 0.29) is 23.4 Å². The molecule has 29 heavy (non-hydrogen) atoms. The predicted octanol–water partition coefficient (Wildman–Crippen LogP) is 3.08. The molecule has 1 aromatic heterocycles. The Morgan fingerprint density at radius 3 is 3.10 bits per heavy atom. The molecule has 8 heteroatoms. The zero-order valence-electron chi connectivity index (χ0n) is 16.5. The van der Waals surface area contributed by atoms with Gasteiger partial charge in [0.2, 0.25) is 5.91 Å². The molecular weight excluding hydrogens is 393 g/mol. The Morgan fingerprint density at radius 2 is 2.34 bits per heavy atom. The summed E-state index contributed by atoms with van der Waals surface area (Å²) in [5, 5.41) is 3.42. The Morgan fingerprint density at radius 1 is 1.48 bits per heavy atom. The summed E-state index contributed by atoms with van der Waals surface area (Å²) in [5.41, 5.74) is 0.332. The number of carbonyl (C=O) groups excluding carboxylic acids is 1. The summed E-state index contributed by atoms with van der Waals surface area (Å²) in [5.74, 6) is -0.324. The lowest BCUT2D eigenvalue weighted by Crippen LogP contribution is -2.58. The summed E-state index contributed by atoms with van der Waals surface area (Å²) < 4.78 is 25.5. The Labute approximate surface area is 174 Å². The number of likely N-dealkylation sites (tertiary alicyclic amines) is 1. The highest BCUT2D eigenvalue weighted by Gasteiger charge is 2.47. The van der Waals surface area contributed by atoms with Crippen LogP contribution in [-0.4, -0.2) is 60.8 Å². The quantitative estimate of drug-likeness (QED) is 0.780. The summed E-state index contributed by atoms with van der Waals surface area (Å²) in [4.78, 5) is 19.8. The van der Waals surface area contributed by atoms with E-state index < -0.39 is 0 Å². The van der Waals surface area contributed by atoms with Crippen LogP contribution in [0.15, 0.2) is 30.5 Å². The molecule has 0 bridgehead atoms. The molecule has 2 unspecified atom stereocenters. The van der Waals surface area contributed by atoms with E-state index in [1.807, 2.05) is 6.07 Å². The van der Waals surface area contributed by atoms with Gasteiger partial charge in [0.25, 0.3) is 0 Å². The second-order valence-corrected chi connectivity index (χ2v) is 8.80. The lowest BCUT2D eigenvalue weighted by molar-refractivity contribution is -0.146. The van der Waals surface area contributed by atoms with Crippen molar-refractivity contribution >= 4 is 22.4 Å². The van der Waals surface area contributed by atoms with Gasteiger partial charge in [-0.1, -0.05) is 18.2 Å². The minimum Gasteiger partial charge on any atom is -0.378 e. The smallest absolute Gasteiger partial charge is 0.240 e. The van der Waals surface area contributed by atoms with Gasteiger partial charge < -0.3 is 14.8 Å². The number of piperidine rings is 1. The van der Waals surface area contributed by atoms with Crippen LogP contribution < -0.4 is 5.32 Å². The number of nitrogens with one attached hydrogen (secondary N) is 1. The molecule has 4 rings (SSSR count). The molecule has 6 nitrogen and oxygen atoms in total. The molecule has 1 spiro atoms. The standard InChI is InChI=1S/C21H26FN3O3S/c1-27-18-7-9-25(14-21(18)8-4-10-28-21)13-19(26)24-20-23-12-16(29-20)11-15-5-2-3-6-17(15)22/h2-3,5-6,12,18H,4,7-11,13-14H2,1H3,(H,23,24,26). The second kappa shape index (κ2) is 8.87. The van der Waals surface area contributed by atoms with Crippen molar-refractivity contribution in [3.63, 3.8) is 0 Å². The third kappa shape index (κ3) is 4.66. The third-order valence-electron chi connectivity index (χ3n) is 5.69. The maximum Gasteiger partial charge on any atom is 0.240 e. The summed E-state index contributed by atoms with van der Waals surface area (Å²) in [6.45, 7) is 2.55. The first-order chi connectivity index (χ1) is 14.1. The molecule has 0 aliphatic carbocycles. The number of hydrogen-bond acceptors (Lipinski definition) is 6. The van der Waals surface area contributed by atoms with Gasteiger partial charge in [-0.05, 0) is 30.9 Å². The fraction of sp³-hybridized carbons (Fsp3) is 0.524. The van der Waals surface area contributed by atoms with E-state index in [4.69, 9.17) is 9.47 Å². The molecule has 2 aromatic rings. The highest BCUT2D eigenvalue weighted by atomic mass is 32.1. The van der Waals surface area contributed by atoms with Crippen LogP contribution in [0.2, 0.25) is 0 Å². The first kappa shape index (κ1) is 20.4. The topological polar surface area (TPSA) is 63.7 Å². The zero-order valence-corrected chi connectivity index (χ0v) is 17.3. The van der Waals surface area contributed by atoms with E-state index in [1.165, 1.54) is 17.4 Å². The van der Waals surface area contributed by atoms with Crippen LogP contribution in [0.5, 0.6) is 0 Å². The van der Waals surface area contributed by atoms with Crippen molar-refractivity contribution in [2.75, 3.05) is 38.7 Å². The summed E-state index contributed by atoms with van der Waals surface area (Å²) in [6.07, 6.45) is 5.10. The van der Waals surface area contributed by atoms with Gasteiger partial charge >= 0.3 is 0 Å². The number of carbonyl (C=O) groups is 1. The minimum atomic E-state index is -0.290. The van der Waals surface area contributed by atoms with E-state index in [2.05, 4.69) is 15.2 Å². The summed E-state index contributed by atoms with van der Waals surface area (Å²) >= 11 is 1.38. The fourth-order valence-electron chi connectivity index (χ4n) is 4.33. The van der Waals surface area contributed by atoms with E-state index in [0.717, 1.165) is 37.3 Å². The van der Waals surface area contributed by atoms with Crippen molar-refractivity contribution in [1.29, 1.82) is 0 Å². The van der Waals surface area contributed by atoms with Gasteiger partial charge in [0.1, 0.15) is 11.4 Å². The number of hydrogen-bond donors (Lipinski definition) is 1. The molecule has 3 heterocycles. The number of methoxy groups -OCH3 is 1. The molecular formula is C21H26FN3O3S. The molecule has 2 aliphatic heterocycles. The Bertz CT molecular complexity index is 853. The van der Waals surface area contributed by atoms with Crippen LogP contribution in [0.25, 0.3) is 0 Å². The van der Waals surface area contributed by atoms with Gasteiger partial charge in [0, 0.05) is 44.3 Å². The molecule has 0 radical (unpaired) electrons. The monoisotopic (exact) mass is 419 g/mol. The maximum atomic E-state index is 13.8. The van der Waals surface area contributed by atoms with Crippen molar-refractivity contribution in [1.82, 2.24) is 9.88 Å². The van der Waals surface area contributed by atoms with Gasteiger partial charge in [-0.2, -0.15) is 0 Å². The molecule has 156 valence electrons. The highest BCUT2D eigenvalue weighted by molar-refractivity contribution is 7.15. The molecule has 1 aromatic carbocycles. The molecule has 2 saturated heterocycles. The third-order valence-corrected chi connectivity index (χ3v) is 6.61. The Hall–Kier alpha value is -1.87. The van der Waals surface area contributed by atoms with Gasteiger partial charge in [-0.15, -0.1) is 11.3 Å². The normalized spacial score (nSPS) is 24.8. The fourth-order valence-corrected chi connectivity index (χ4v) is 5.18. The van der Waals surface area contributed by atoms with Crippen LogP contribution in [0, 0.1) is 5.82 Å². The number of nitrogens with zero attached hydrogens (tertiary/aromatic N) is 2. The minimum absolute atomic E-state index is 0.0872. The lowest BCUT2D eigenvalue weighted by atomic mass is 9.87. The van der Waals surface area contributed by atoms with Crippen LogP contribution in [0.3, 0.4) is 0 Å². The van der Waals surface area contributed by atoms with Crippen molar-refractivity contribution in [2.45, 2.75) is 37.4 Å². The van der Waals surface area contributed by atoms with Gasteiger partial charge in [0.15, 0.2) is 5.13 Å². The lowest BCUT2D eigenvalue weighted by Gasteiger charge is -2.44. The largest absolute Gasteiger partial charge is 0.378 e. The number of amides is 1. The Kier molecular flexibility index (Phi) is 6.24. The van der Waals surface area contributed by atoms with Gasteiger partial charge in [-0.3, -0.25) is 9.69 Å². The van der Waals surface area contributed by atoms with Crippen molar-refractivity contribution in [3.05, 3.63) is 46.7 Å². The Balaban J connectivity index is 1.32. The zero-order chi connectivity index (χ0) is 20.3. The number of thiazole rings is 1. The molecule has 0 saturated carbocycles. The predicted molar refractivity (Wildman–Crippen MR) is 110 cm³/mol. The van der Waals surface area contributed by atoms with Crippen LogP contribution >= 0.6 is 11.3 Å².